The highest BCUT2D eigenvalue weighted by molar-refractivity contribution is 6.16. The maximum absolute atomic E-state index is 5.61. The minimum Gasteiger partial charge on any atom is -0.339 e. The lowest BCUT2D eigenvalue weighted by Gasteiger charge is -2.07. The van der Waals surface area contributed by atoms with Gasteiger partial charge in [-0.25, -0.2) is 0 Å². The minimum atomic E-state index is 0.327. The summed E-state index contributed by atoms with van der Waals surface area (Å²) in [5.41, 5.74) is 0. The van der Waals surface area contributed by atoms with Gasteiger partial charge in [0.15, 0.2) is 5.82 Å². The van der Waals surface area contributed by atoms with Gasteiger partial charge in [-0.1, -0.05) is 31.8 Å². The van der Waals surface area contributed by atoms with Crippen molar-refractivity contribution in [2.45, 2.75) is 51.3 Å². The molecule has 0 amide bonds. The third-order valence-electron chi connectivity index (χ3n) is 2.35. The minimum absolute atomic E-state index is 0.327. The van der Waals surface area contributed by atoms with Crippen molar-refractivity contribution < 1.29 is 4.52 Å². The predicted molar refractivity (Wildman–Crippen MR) is 56.4 cm³/mol. The molecule has 80 valence electrons. The first-order valence-corrected chi connectivity index (χ1v) is 5.73. The lowest BCUT2D eigenvalue weighted by molar-refractivity contribution is 0.337. The molecule has 1 heterocycles. The van der Waals surface area contributed by atoms with Crippen molar-refractivity contribution in [2.24, 2.45) is 0 Å². The number of hydrogen-bond acceptors (Lipinski definition) is 3. The average molecular weight is 217 g/mol. The van der Waals surface area contributed by atoms with Crippen LogP contribution in [0, 0.1) is 0 Å². The maximum atomic E-state index is 5.61. The molecule has 1 unspecified atom stereocenters. The van der Waals surface area contributed by atoms with Gasteiger partial charge in [0.2, 0.25) is 5.89 Å². The Morgan fingerprint density at radius 2 is 2.21 bits per heavy atom. The van der Waals surface area contributed by atoms with Gasteiger partial charge < -0.3 is 4.52 Å². The number of halogens is 1. The Balaban J connectivity index is 2.58. The average Bonchev–Trinajstić information content (AvgIpc) is 2.68. The van der Waals surface area contributed by atoms with Crippen LogP contribution in [0.1, 0.15) is 57.2 Å². The van der Waals surface area contributed by atoms with Crippen LogP contribution >= 0.6 is 11.6 Å². The van der Waals surface area contributed by atoms with E-state index in [1.165, 1.54) is 12.8 Å². The van der Waals surface area contributed by atoms with Gasteiger partial charge in [-0.3, -0.25) is 0 Å². The van der Waals surface area contributed by atoms with Crippen LogP contribution in [0.25, 0.3) is 0 Å². The number of rotatable bonds is 6. The molecule has 0 spiro atoms. The molecule has 0 N–H and O–H groups in total. The SMILES string of the molecule is CCCCC(CC)c1nc(CCl)no1. The first-order chi connectivity index (χ1) is 6.81. The number of unbranched alkanes of at least 4 members (excludes halogenated alkanes) is 1. The third-order valence-corrected chi connectivity index (χ3v) is 2.59. The van der Waals surface area contributed by atoms with Crippen molar-refractivity contribution in [3.8, 4) is 0 Å². The summed E-state index contributed by atoms with van der Waals surface area (Å²) in [7, 11) is 0. The van der Waals surface area contributed by atoms with E-state index in [1.807, 2.05) is 0 Å². The van der Waals surface area contributed by atoms with E-state index >= 15 is 0 Å². The van der Waals surface area contributed by atoms with E-state index in [0.29, 0.717) is 17.6 Å². The maximum Gasteiger partial charge on any atom is 0.229 e. The summed E-state index contributed by atoms with van der Waals surface area (Å²) in [6.07, 6.45) is 4.57. The first-order valence-electron chi connectivity index (χ1n) is 5.20. The van der Waals surface area contributed by atoms with E-state index in [0.717, 1.165) is 18.7 Å². The number of alkyl halides is 1. The Morgan fingerprint density at radius 3 is 2.71 bits per heavy atom. The number of aromatic nitrogens is 2. The summed E-state index contributed by atoms with van der Waals surface area (Å²) in [5, 5.41) is 3.79. The molecule has 1 atom stereocenters. The Hall–Kier alpha value is -0.570. The Morgan fingerprint density at radius 1 is 1.43 bits per heavy atom. The molecular weight excluding hydrogens is 200 g/mol. The molecule has 0 bridgehead atoms. The van der Waals surface area contributed by atoms with Gasteiger partial charge in [0, 0.05) is 5.92 Å². The zero-order valence-electron chi connectivity index (χ0n) is 8.79. The van der Waals surface area contributed by atoms with Crippen molar-refractivity contribution in [2.75, 3.05) is 0 Å². The van der Waals surface area contributed by atoms with E-state index < -0.39 is 0 Å². The lowest BCUT2D eigenvalue weighted by atomic mass is 9.99. The second kappa shape index (κ2) is 6.02. The summed E-state index contributed by atoms with van der Waals surface area (Å²) < 4.78 is 5.16. The van der Waals surface area contributed by atoms with Gasteiger partial charge in [-0.05, 0) is 12.8 Å². The molecule has 1 aromatic heterocycles. The van der Waals surface area contributed by atoms with Crippen LogP contribution in [0.5, 0.6) is 0 Å². The molecule has 0 aliphatic heterocycles. The predicted octanol–water partition coefficient (Wildman–Crippen LogP) is 3.49. The summed E-state index contributed by atoms with van der Waals surface area (Å²) in [6.45, 7) is 4.33. The van der Waals surface area contributed by atoms with Crippen LogP contribution in [0.3, 0.4) is 0 Å². The molecule has 14 heavy (non-hydrogen) atoms. The standard InChI is InChI=1S/C10H17ClN2O/c1-3-5-6-8(4-2)10-12-9(7-11)13-14-10/h8H,3-7H2,1-2H3. The molecule has 1 rings (SSSR count). The topological polar surface area (TPSA) is 38.9 Å². The second-order valence-electron chi connectivity index (χ2n) is 3.43. The quantitative estimate of drug-likeness (QED) is 0.684. The Bertz CT molecular complexity index is 262. The molecule has 0 saturated heterocycles. The molecule has 3 nitrogen and oxygen atoms in total. The Labute approximate surface area is 89.8 Å². The number of nitrogens with zero attached hydrogens (tertiary/aromatic N) is 2. The van der Waals surface area contributed by atoms with Crippen LogP contribution in [-0.2, 0) is 5.88 Å². The zero-order valence-corrected chi connectivity index (χ0v) is 9.55. The van der Waals surface area contributed by atoms with Crippen LogP contribution in [0.2, 0.25) is 0 Å². The summed E-state index contributed by atoms with van der Waals surface area (Å²) >= 11 is 5.61. The van der Waals surface area contributed by atoms with E-state index in [-0.39, 0.29) is 0 Å². The zero-order chi connectivity index (χ0) is 10.4. The summed E-state index contributed by atoms with van der Waals surface area (Å²) in [4.78, 5) is 4.24. The van der Waals surface area contributed by atoms with Gasteiger partial charge in [0.25, 0.3) is 0 Å². The van der Waals surface area contributed by atoms with Crippen molar-refractivity contribution in [1.29, 1.82) is 0 Å². The Kier molecular flexibility index (Phi) is 4.94. The van der Waals surface area contributed by atoms with Crippen LogP contribution in [0.15, 0.2) is 4.52 Å². The normalized spacial score (nSPS) is 13.1. The first kappa shape index (κ1) is 11.5. The fraction of sp³-hybridized carbons (Fsp3) is 0.800. The fourth-order valence-electron chi connectivity index (χ4n) is 1.44. The van der Waals surface area contributed by atoms with Crippen molar-refractivity contribution in [1.82, 2.24) is 10.1 Å². The van der Waals surface area contributed by atoms with Gasteiger partial charge >= 0.3 is 0 Å². The van der Waals surface area contributed by atoms with Crippen molar-refractivity contribution in [3.05, 3.63) is 11.7 Å². The molecule has 0 fully saturated rings. The highest BCUT2D eigenvalue weighted by atomic mass is 35.5. The molecule has 0 radical (unpaired) electrons. The summed E-state index contributed by atoms with van der Waals surface area (Å²) in [6, 6.07) is 0. The highest BCUT2D eigenvalue weighted by Crippen LogP contribution is 2.23. The molecule has 0 saturated carbocycles. The summed E-state index contributed by atoms with van der Waals surface area (Å²) in [5.74, 6) is 2.07. The smallest absolute Gasteiger partial charge is 0.229 e. The van der Waals surface area contributed by atoms with E-state index in [1.54, 1.807) is 0 Å². The van der Waals surface area contributed by atoms with Gasteiger partial charge in [0.1, 0.15) is 0 Å². The van der Waals surface area contributed by atoms with Crippen LogP contribution < -0.4 is 0 Å². The van der Waals surface area contributed by atoms with E-state index in [4.69, 9.17) is 16.1 Å². The molecule has 0 aromatic carbocycles. The molecule has 4 heteroatoms. The van der Waals surface area contributed by atoms with E-state index in [2.05, 4.69) is 24.0 Å². The van der Waals surface area contributed by atoms with Crippen molar-refractivity contribution in [3.63, 3.8) is 0 Å². The molecule has 1 aromatic rings. The van der Waals surface area contributed by atoms with Crippen LogP contribution in [0.4, 0.5) is 0 Å². The highest BCUT2D eigenvalue weighted by Gasteiger charge is 2.16. The van der Waals surface area contributed by atoms with Gasteiger partial charge in [-0.2, -0.15) is 4.98 Å². The molecule has 0 aliphatic rings. The molecule has 0 aliphatic carbocycles. The van der Waals surface area contributed by atoms with Crippen LogP contribution in [-0.4, -0.2) is 10.1 Å². The fourth-order valence-corrected chi connectivity index (χ4v) is 1.55. The monoisotopic (exact) mass is 216 g/mol. The van der Waals surface area contributed by atoms with Gasteiger partial charge in [-0.15, -0.1) is 11.6 Å². The van der Waals surface area contributed by atoms with Crippen molar-refractivity contribution >= 4 is 11.6 Å². The lowest BCUT2D eigenvalue weighted by Crippen LogP contribution is -1.98. The number of hydrogen-bond donors (Lipinski definition) is 0. The largest absolute Gasteiger partial charge is 0.339 e. The van der Waals surface area contributed by atoms with E-state index in [9.17, 15) is 0 Å². The molecular formula is C10H17ClN2O. The third kappa shape index (κ3) is 2.98. The second-order valence-corrected chi connectivity index (χ2v) is 3.70. The van der Waals surface area contributed by atoms with Gasteiger partial charge in [0.05, 0.1) is 5.88 Å².